The zero-order chi connectivity index (χ0) is 19.9. The fraction of sp³-hybridized carbons (Fsp3) is 0.333. The first-order chi connectivity index (χ1) is 13.5. The van der Waals surface area contributed by atoms with Crippen molar-refractivity contribution in [1.82, 2.24) is 10.2 Å². The molecule has 1 N–H and O–H groups in total. The third kappa shape index (κ3) is 5.42. The maximum absolute atomic E-state index is 13.0. The molecule has 2 aromatic rings. The van der Waals surface area contributed by atoms with E-state index in [4.69, 9.17) is 4.74 Å². The number of carbonyl (C=O) groups excluding carboxylic acids is 2. The molecule has 7 heteroatoms. The summed E-state index contributed by atoms with van der Waals surface area (Å²) in [5.74, 6) is -0.406. The molecule has 0 radical (unpaired) electrons. The van der Waals surface area contributed by atoms with Gasteiger partial charge in [-0.05, 0) is 55.7 Å². The van der Waals surface area contributed by atoms with Crippen molar-refractivity contribution in [2.24, 2.45) is 0 Å². The van der Waals surface area contributed by atoms with Crippen LogP contribution in [0.3, 0.4) is 0 Å². The molecule has 1 aliphatic rings. The Morgan fingerprint density at radius 2 is 1.93 bits per heavy atom. The zero-order valence-corrected chi connectivity index (χ0v) is 16.5. The third-order valence-electron chi connectivity index (χ3n) is 4.52. The Morgan fingerprint density at radius 3 is 2.61 bits per heavy atom. The fourth-order valence-corrected chi connectivity index (χ4v) is 3.96. The number of halogens is 1. The SMILES string of the molecule is CCOC(=O)N1CCC(NC(=O)C=Cc2ccc(-c3ccc(F)cc3)s2)CC1. The number of thiophene rings is 1. The van der Waals surface area contributed by atoms with E-state index >= 15 is 0 Å². The van der Waals surface area contributed by atoms with Gasteiger partial charge in [-0.3, -0.25) is 4.79 Å². The standard InChI is InChI=1S/C21H23FN2O3S/c1-2-27-21(26)24-13-11-17(12-14-24)23-20(25)10-8-18-7-9-19(28-18)15-3-5-16(22)6-4-15/h3-10,17H,2,11-14H2,1H3,(H,23,25). The van der Waals surface area contributed by atoms with Crippen LogP contribution < -0.4 is 5.32 Å². The molecule has 1 aromatic carbocycles. The van der Waals surface area contributed by atoms with Gasteiger partial charge in [0, 0.05) is 35.0 Å². The van der Waals surface area contributed by atoms with E-state index in [-0.39, 0.29) is 23.9 Å². The largest absolute Gasteiger partial charge is 0.450 e. The van der Waals surface area contributed by atoms with Crippen LogP contribution in [-0.2, 0) is 9.53 Å². The molecule has 5 nitrogen and oxygen atoms in total. The molecule has 0 atom stereocenters. The number of amides is 2. The molecule has 2 amide bonds. The quantitative estimate of drug-likeness (QED) is 0.759. The first-order valence-corrected chi connectivity index (χ1v) is 10.1. The van der Waals surface area contributed by atoms with Crippen molar-refractivity contribution in [3.63, 3.8) is 0 Å². The summed E-state index contributed by atoms with van der Waals surface area (Å²) in [6.45, 7) is 3.32. The number of nitrogens with one attached hydrogen (secondary N) is 1. The van der Waals surface area contributed by atoms with Gasteiger partial charge in [0.05, 0.1) is 6.61 Å². The summed E-state index contributed by atoms with van der Waals surface area (Å²) in [5, 5.41) is 2.98. The first-order valence-electron chi connectivity index (χ1n) is 9.31. The van der Waals surface area contributed by atoms with Gasteiger partial charge in [0.25, 0.3) is 0 Å². The predicted octanol–water partition coefficient (Wildman–Crippen LogP) is 4.30. The second-order valence-corrected chi connectivity index (χ2v) is 7.63. The summed E-state index contributed by atoms with van der Waals surface area (Å²) in [7, 11) is 0. The Kier molecular flexibility index (Phi) is 6.81. The van der Waals surface area contributed by atoms with Crippen LogP contribution in [0.15, 0.2) is 42.5 Å². The summed E-state index contributed by atoms with van der Waals surface area (Å²) >= 11 is 1.54. The molecule has 148 valence electrons. The van der Waals surface area contributed by atoms with Crippen LogP contribution in [-0.4, -0.2) is 42.6 Å². The second kappa shape index (κ2) is 9.50. The molecular formula is C21H23FN2O3S. The van der Waals surface area contributed by atoms with Gasteiger partial charge in [0.15, 0.2) is 0 Å². The van der Waals surface area contributed by atoms with Gasteiger partial charge in [-0.2, -0.15) is 0 Å². The molecular weight excluding hydrogens is 379 g/mol. The average Bonchev–Trinajstić information content (AvgIpc) is 3.17. The van der Waals surface area contributed by atoms with Crippen molar-refractivity contribution in [3.05, 3.63) is 53.2 Å². The van der Waals surface area contributed by atoms with Gasteiger partial charge in [0.2, 0.25) is 5.91 Å². The highest BCUT2D eigenvalue weighted by Crippen LogP contribution is 2.28. The molecule has 2 heterocycles. The van der Waals surface area contributed by atoms with E-state index in [2.05, 4.69) is 5.32 Å². The van der Waals surface area contributed by atoms with E-state index in [1.165, 1.54) is 18.2 Å². The van der Waals surface area contributed by atoms with E-state index in [9.17, 15) is 14.0 Å². The van der Waals surface area contributed by atoms with Crippen LogP contribution >= 0.6 is 11.3 Å². The number of benzene rings is 1. The Morgan fingerprint density at radius 1 is 1.21 bits per heavy atom. The van der Waals surface area contributed by atoms with Gasteiger partial charge in [0.1, 0.15) is 5.82 Å². The van der Waals surface area contributed by atoms with Crippen molar-refractivity contribution in [1.29, 1.82) is 0 Å². The summed E-state index contributed by atoms with van der Waals surface area (Å²) in [6, 6.07) is 10.3. The highest BCUT2D eigenvalue weighted by atomic mass is 32.1. The molecule has 0 aliphatic carbocycles. The van der Waals surface area contributed by atoms with Crippen LogP contribution in [0.1, 0.15) is 24.6 Å². The van der Waals surface area contributed by atoms with E-state index in [1.54, 1.807) is 41.4 Å². The smallest absolute Gasteiger partial charge is 0.409 e. The number of piperidine rings is 1. The fourth-order valence-electron chi connectivity index (χ4n) is 3.04. The third-order valence-corrected chi connectivity index (χ3v) is 5.62. The van der Waals surface area contributed by atoms with Gasteiger partial charge in [-0.15, -0.1) is 11.3 Å². The van der Waals surface area contributed by atoms with Crippen LogP contribution in [0.2, 0.25) is 0 Å². The zero-order valence-electron chi connectivity index (χ0n) is 15.7. The Balaban J connectivity index is 1.48. The molecule has 0 saturated carbocycles. The van der Waals surface area contributed by atoms with E-state index in [1.807, 2.05) is 12.1 Å². The molecule has 0 spiro atoms. The lowest BCUT2D eigenvalue weighted by Gasteiger charge is -2.31. The molecule has 1 fully saturated rings. The summed E-state index contributed by atoms with van der Waals surface area (Å²) in [5.41, 5.74) is 0.948. The van der Waals surface area contributed by atoms with Crippen LogP contribution in [0, 0.1) is 5.82 Å². The summed E-state index contributed by atoms with van der Waals surface area (Å²) in [6.07, 6.45) is 4.44. The summed E-state index contributed by atoms with van der Waals surface area (Å²) < 4.78 is 18.0. The molecule has 0 unspecified atom stereocenters. The highest BCUT2D eigenvalue weighted by Gasteiger charge is 2.24. The van der Waals surface area contributed by atoms with E-state index in [0.29, 0.717) is 32.5 Å². The molecule has 1 saturated heterocycles. The van der Waals surface area contributed by atoms with Crippen LogP contribution in [0.4, 0.5) is 9.18 Å². The van der Waals surface area contributed by atoms with Gasteiger partial charge < -0.3 is 15.0 Å². The maximum Gasteiger partial charge on any atom is 0.409 e. The lowest BCUT2D eigenvalue weighted by molar-refractivity contribution is -0.117. The average molecular weight is 402 g/mol. The number of hydrogen-bond donors (Lipinski definition) is 1. The van der Waals surface area contributed by atoms with Crippen molar-refractivity contribution >= 4 is 29.4 Å². The predicted molar refractivity (Wildman–Crippen MR) is 109 cm³/mol. The van der Waals surface area contributed by atoms with Gasteiger partial charge >= 0.3 is 6.09 Å². The number of nitrogens with zero attached hydrogens (tertiary/aromatic N) is 1. The number of hydrogen-bond acceptors (Lipinski definition) is 4. The molecule has 0 bridgehead atoms. The Hall–Kier alpha value is -2.67. The summed E-state index contributed by atoms with van der Waals surface area (Å²) in [4.78, 5) is 27.5. The van der Waals surface area contributed by atoms with Crippen LogP contribution in [0.5, 0.6) is 0 Å². The molecule has 1 aliphatic heterocycles. The molecule has 28 heavy (non-hydrogen) atoms. The monoisotopic (exact) mass is 402 g/mol. The topological polar surface area (TPSA) is 58.6 Å². The van der Waals surface area contributed by atoms with Gasteiger partial charge in [-0.1, -0.05) is 12.1 Å². The van der Waals surface area contributed by atoms with Crippen molar-refractivity contribution in [2.75, 3.05) is 19.7 Å². The Bertz CT molecular complexity index is 840. The van der Waals surface area contributed by atoms with Crippen LogP contribution in [0.25, 0.3) is 16.5 Å². The minimum Gasteiger partial charge on any atom is -0.450 e. The number of likely N-dealkylation sites (tertiary alicyclic amines) is 1. The highest BCUT2D eigenvalue weighted by molar-refractivity contribution is 7.16. The Labute approximate surface area is 167 Å². The molecule has 1 aromatic heterocycles. The molecule has 3 rings (SSSR count). The van der Waals surface area contributed by atoms with Crippen molar-refractivity contribution < 1.29 is 18.7 Å². The maximum atomic E-state index is 13.0. The lowest BCUT2D eigenvalue weighted by atomic mass is 10.1. The minimum absolute atomic E-state index is 0.0564. The van der Waals surface area contributed by atoms with Gasteiger partial charge in [-0.25, -0.2) is 9.18 Å². The first kappa shape index (κ1) is 20.1. The van der Waals surface area contributed by atoms with E-state index in [0.717, 1.165) is 15.3 Å². The minimum atomic E-state index is -0.290. The van der Waals surface area contributed by atoms with E-state index < -0.39 is 0 Å². The lowest BCUT2D eigenvalue weighted by Crippen LogP contribution is -2.46. The second-order valence-electron chi connectivity index (χ2n) is 6.51. The normalized spacial score (nSPS) is 15.0. The van der Waals surface area contributed by atoms with Crippen molar-refractivity contribution in [3.8, 4) is 10.4 Å². The van der Waals surface area contributed by atoms with Crippen molar-refractivity contribution in [2.45, 2.75) is 25.8 Å². The number of ether oxygens (including phenoxy) is 1. The number of rotatable bonds is 5. The number of carbonyl (C=O) groups is 2.